The Hall–Kier alpha value is -2.47. The average molecular weight is 470 g/mol. The summed E-state index contributed by atoms with van der Waals surface area (Å²) in [5.74, 6) is -3.42. The molecular weight excluding hydrogens is 449 g/mol. The Morgan fingerprint density at radius 2 is 1.68 bits per heavy atom. The summed E-state index contributed by atoms with van der Waals surface area (Å²) >= 11 is 5.95. The summed E-state index contributed by atoms with van der Waals surface area (Å²) in [6.45, 7) is 2.82. The van der Waals surface area contributed by atoms with E-state index in [9.17, 15) is 24.5 Å². The molecule has 1 aliphatic carbocycles. The van der Waals surface area contributed by atoms with Crippen LogP contribution in [0.1, 0.15) is 19.4 Å². The molecule has 1 aliphatic rings. The highest BCUT2D eigenvalue weighted by molar-refractivity contribution is 7.65. The van der Waals surface area contributed by atoms with Crippen LogP contribution in [0.2, 0.25) is 5.02 Å². The zero-order chi connectivity index (χ0) is 23.4. The molecule has 0 radical (unpaired) electrons. The van der Waals surface area contributed by atoms with Crippen molar-refractivity contribution in [3.8, 4) is 6.07 Å². The molecule has 0 bridgehead atoms. The fraction of sp³-hybridized carbons (Fsp3) is 0.350. The monoisotopic (exact) mass is 469 g/mol. The average Bonchev–Trinajstić information content (AvgIpc) is 3.04. The number of nitrogens with zero attached hydrogens (tertiary/aromatic N) is 1. The first-order valence-corrected chi connectivity index (χ1v) is 11.1. The lowest BCUT2D eigenvalue weighted by Crippen LogP contribution is -2.40. The lowest BCUT2D eigenvalue weighted by atomic mass is 9.78. The highest BCUT2D eigenvalue weighted by Crippen LogP contribution is 2.55. The Kier molecular flexibility index (Phi) is 7.82. The van der Waals surface area contributed by atoms with E-state index in [-0.39, 0.29) is 24.4 Å². The molecule has 0 aliphatic heterocycles. The molecule has 1 N–H and O–H groups in total. The Morgan fingerprint density at radius 1 is 1.13 bits per heavy atom. The number of carbonyl (C=O) groups is 3. The molecular formula is C20H21ClNO8P. The van der Waals surface area contributed by atoms with Crippen LogP contribution in [0.15, 0.2) is 29.8 Å². The Labute approximate surface area is 184 Å². The van der Waals surface area contributed by atoms with E-state index in [1.165, 1.54) is 38.1 Å². The molecule has 0 saturated heterocycles. The quantitative estimate of drug-likeness (QED) is 0.363. The summed E-state index contributed by atoms with van der Waals surface area (Å²) in [5, 5.41) is 9.78. The maximum atomic E-state index is 13.6. The van der Waals surface area contributed by atoms with Gasteiger partial charge in [0.25, 0.3) is 7.57 Å². The van der Waals surface area contributed by atoms with Gasteiger partial charge in [0.15, 0.2) is 0 Å². The van der Waals surface area contributed by atoms with Crippen molar-refractivity contribution in [2.24, 2.45) is 5.41 Å². The lowest BCUT2D eigenvalue weighted by molar-refractivity contribution is -0.151. The topological polar surface area (TPSA) is 132 Å². The van der Waals surface area contributed by atoms with Crippen LogP contribution in [-0.4, -0.2) is 55.3 Å². The third-order valence-electron chi connectivity index (χ3n) is 4.56. The van der Waals surface area contributed by atoms with E-state index in [1.54, 1.807) is 6.07 Å². The van der Waals surface area contributed by atoms with E-state index in [4.69, 9.17) is 30.1 Å². The molecule has 11 heteroatoms. The van der Waals surface area contributed by atoms with Crippen LogP contribution in [-0.2, 0) is 32.9 Å². The van der Waals surface area contributed by atoms with E-state index in [0.717, 1.165) is 14.2 Å². The summed E-state index contributed by atoms with van der Waals surface area (Å²) in [6.07, 6.45) is 0. The fourth-order valence-corrected chi connectivity index (χ4v) is 4.75. The van der Waals surface area contributed by atoms with Crippen molar-refractivity contribution in [1.29, 1.82) is 5.26 Å². The van der Waals surface area contributed by atoms with Gasteiger partial charge in [0.1, 0.15) is 5.29 Å². The van der Waals surface area contributed by atoms with Gasteiger partial charge in [-0.1, -0.05) is 23.7 Å². The largest absolute Gasteiger partial charge is 0.464 e. The van der Waals surface area contributed by atoms with Crippen LogP contribution in [0.4, 0.5) is 0 Å². The number of hydrogen-bond acceptors (Lipinski definition) is 9. The van der Waals surface area contributed by atoms with Gasteiger partial charge in [-0.15, -0.1) is 0 Å². The van der Waals surface area contributed by atoms with Crippen molar-refractivity contribution >= 4 is 47.8 Å². The molecule has 0 heterocycles. The summed E-state index contributed by atoms with van der Waals surface area (Å²) in [4.78, 5) is 50.5. The van der Waals surface area contributed by atoms with Crippen LogP contribution in [0.25, 0.3) is 5.57 Å². The predicted molar refractivity (Wildman–Crippen MR) is 113 cm³/mol. The third-order valence-corrected chi connectivity index (χ3v) is 6.79. The van der Waals surface area contributed by atoms with Crippen molar-refractivity contribution < 1.29 is 37.8 Å². The number of halogens is 1. The van der Waals surface area contributed by atoms with Gasteiger partial charge in [0.05, 0.1) is 24.9 Å². The molecule has 31 heavy (non-hydrogen) atoms. The van der Waals surface area contributed by atoms with Gasteiger partial charge in [-0.05, 0) is 31.5 Å². The number of rotatable bonds is 7. The summed E-state index contributed by atoms with van der Waals surface area (Å²) in [7, 11) is -2.03. The fourth-order valence-electron chi connectivity index (χ4n) is 3.20. The SMILES string of the molecule is CCOC(=O)C1=C(c2ccc(Cl)cc2)C(C#N)(C(=O)OCC)C(=O)C1=P(O)(OC)OC. The molecule has 0 aromatic heterocycles. The van der Waals surface area contributed by atoms with Crippen molar-refractivity contribution in [2.75, 3.05) is 27.4 Å². The number of benzene rings is 1. The zero-order valence-corrected chi connectivity index (χ0v) is 19.0. The highest BCUT2D eigenvalue weighted by Gasteiger charge is 2.63. The molecule has 0 spiro atoms. The maximum Gasteiger partial charge on any atom is 0.339 e. The van der Waals surface area contributed by atoms with Crippen molar-refractivity contribution in [3.63, 3.8) is 0 Å². The first-order valence-electron chi connectivity index (χ1n) is 9.10. The van der Waals surface area contributed by atoms with Crippen LogP contribution < -0.4 is 0 Å². The van der Waals surface area contributed by atoms with Gasteiger partial charge in [-0.3, -0.25) is 4.79 Å². The van der Waals surface area contributed by atoms with Crippen LogP contribution in [0, 0.1) is 16.7 Å². The minimum absolute atomic E-state index is 0.0759. The number of ether oxygens (including phenoxy) is 2. The summed E-state index contributed by atoms with van der Waals surface area (Å²) in [6, 6.07) is 7.47. The Bertz CT molecular complexity index is 1030. The number of carbonyl (C=O) groups excluding carboxylic acids is 3. The second kappa shape index (κ2) is 9.77. The first kappa shape index (κ1) is 24.8. The Balaban J connectivity index is 3.14. The van der Waals surface area contributed by atoms with Gasteiger partial charge in [0.2, 0.25) is 11.2 Å². The number of ketones is 1. The van der Waals surface area contributed by atoms with E-state index in [2.05, 4.69) is 0 Å². The van der Waals surface area contributed by atoms with Gasteiger partial charge >= 0.3 is 11.9 Å². The summed E-state index contributed by atoms with van der Waals surface area (Å²) < 4.78 is 20.2. The minimum Gasteiger partial charge on any atom is -0.464 e. The number of hydrogen-bond donors (Lipinski definition) is 1. The minimum atomic E-state index is -4.16. The van der Waals surface area contributed by atoms with Crippen molar-refractivity contribution in [1.82, 2.24) is 0 Å². The van der Waals surface area contributed by atoms with Gasteiger partial charge in [-0.2, -0.15) is 5.26 Å². The predicted octanol–water partition coefficient (Wildman–Crippen LogP) is 2.53. The van der Waals surface area contributed by atoms with Crippen molar-refractivity contribution in [2.45, 2.75) is 13.8 Å². The van der Waals surface area contributed by atoms with Gasteiger partial charge in [-0.25, -0.2) is 9.59 Å². The van der Waals surface area contributed by atoms with Gasteiger partial charge in [0, 0.05) is 24.8 Å². The molecule has 1 unspecified atom stereocenters. The molecule has 1 aromatic rings. The first-order chi connectivity index (χ1) is 14.7. The Morgan fingerprint density at radius 3 is 2.13 bits per heavy atom. The zero-order valence-electron chi connectivity index (χ0n) is 17.3. The lowest BCUT2D eigenvalue weighted by Gasteiger charge is -2.22. The van der Waals surface area contributed by atoms with Crippen LogP contribution >= 0.6 is 19.2 Å². The molecule has 1 aromatic carbocycles. The molecule has 0 amide bonds. The second-order valence-corrected chi connectivity index (χ2v) is 8.78. The van der Waals surface area contributed by atoms with E-state index in [0.29, 0.717) is 5.02 Å². The van der Waals surface area contributed by atoms with Crippen LogP contribution in [0.3, 0.4) is 0 Å². The number of Topliss-reactive ketones (excluding diaryl/α,β-unsaturated/α-hetero) is 1. The maximum absolute atomic E-state index is 13.6. The molecule has 1 atom stereocenters. The third kappa shape index (κ3) is 4.05. The second-order valence-electron chi connectivity index (χ2n) is 6.12. The summed E-state index contributed by atoms with van der Waals surface area (Å²) in [5.41, 5.74) is -3.21. The molecule has 0 fully saturated rings. The van der Waals surface area contributed by atoms with E-state index in [1.807, 2.05) is 0 Å². The number of esters is 2. The standard InChI is InChI=1S/C20H21ClNO8P/c1-5-29-18(24)14-15(12-7-9-13(21)10-8-12)20(11-22,19(25)30-6-2)17(23)16(14)31(26,27-3)28-4/h7-10,26H,5-6H2,1-4H3. The van der Waals surface area contributed by atoms with E-state index < -0.39 is 41.6 Å². The normalized spacial score (nSPS) is 18.7. The van der Waals surface area contributed by atoms with Crippen molar-refractivity contribution in [3.05, 3.63) is 40.4 Å². The molecule has 0 saturated carbocycles. The van der Waals surface area contributed by atoms with E-state index >= 15 is 0 Å². The van der Waals surface area contributed by atoms with Gasteiger partial charge < -0.3 is 23.4 Å². The van der Waals surface area contributed by atoms with Crippen LogP contribution in [0.5, 0.6) is 0 Å². The molecule has 2 rings (SSSR count). The highest BCUT2D eigenvalue weighted by atomic mass is 35.5. The smallest absolute Gasteiger partial charge is 0.339 e. The molecule has 166 valence electrons. The number of nitriles is 1. The molecule has 9 nitrogen and oxygen atoms in total.